The van der Waals surface area contributed by atoms with Crippen LogP contribution in [-0.2, 0) is 61.9 Å². The van der Waals surface area contributed by atoms with Crippen molar-refractivity contribution in [1.82, 2.24) is 0 Å². The normalized spacial score (nSPS) is 10.8. The summed E-state index contributed by atoms with van der Waals surface area (Å²) in [5.41, 5.74) is 0. The molecule has 0 saturated carbocycles. The summed E-state index contributed by atoms with van der Waals surface area (Å²) in [5.74, 6) is -4.51. The summed E-state index contributed by atoms with van der Waals surface area (Å²) in [4.78, 5) is 54.3. The van der Waals surface area contributed by atoms with Crippen molar-refractivity contribution in [3.05, 3.63) is 0 Å². The van der Waals surface area contributed by atoms with Gasteiger partial charge in [-0.2, -0.15) is 0 Å². The number of esters is 2. The predicted octanol–water partition coefficient (Wildman–Crippen LogP) is 0.251. The minimum Gasteiger partial charge on any atom is -0.481 e. The molecule has 232 valence electrons. The van der Waals surface area contributed by atoms with Crippen LogP contribution in [0.5, 0.6) is 0 Å². The standard InChI is InChI=1S/C25H42O15/c26-21(25(31)32)5-6-24(30)40-20-18-38-16-14-36-12-10-34-8-7-33-9-11-35-13-15-37-17-19-39-23(29)4-2-1-3-22(27)28/h1-20H2,(H,27,28)(H,31,32). The number of hydrogen-bond acceptors (Lipinski definition) is 13. The Hall–Kier alpha value is -2.69. The first-order chi connectivity index (χ1) is 19.3. The lowest BCUT2D eigenvalue weighted by atomic mass is 10.2. The fraction of sp³-hybridized carbons (Fsp3) is 0.800. The molecule has 0 saturated heterocycles. The molecule has 0 aliphatic heterocycles. The minimum atomic E-state index is -1.57. The number of ether oxygens (including phenoxy) is 8. The van der Waals surface area contributed by atoms with E-state index in [-0.39, 0.29) is 51.7 Å². The summed E-state index contributed by atoms with van der Waals surface area (Å²) < 4.78 is 41.7. The molecule has 0 heterocycles. The predicted molar refractivity (Wildman–Crippen MR) is 135 cm³/mol. The molecule has 0 atom stereocenters. The van der Waals surface area contributed by atoms with Crippen LogP contribution in [0.1, 0.15) is 38.5 Å². The number of carbonyl (C=O) groups excluding carboxylic acids is 3. The molecule has 0 spiro atoms. The van der Waals surface area contributed by atoms with Crippen molar-refractivity contribution in [2.45, 2.75) is 38.5 Å². The van der Waals surface area contributed by atoms with E-state index in [4.69, 9.17) is 48.1 Å². The monoisotopic (exact) mass is 582 g/mol. The Bertz CT molecular complexity index is 698. The van der Waals surface area contributed by atoms with Gasteiger partial charge >= 0.3 is 23.9 Å². The van der Waals surface area contributed by atoms with Crippen molar-refractivity contribution in [2.24, 2.45) is 0 Å². The van der Waals surface area contributed by atoms with E-state index in [1.54, 1.807) is 0 Å². The van der Waals surface area contributed by atoms with E-state index in [1.165, 1.54) is 0 Å². The average molecular weight is 583 g/mol. The second-order valence-corrected chi connectivity index (χ2v) is 7.94. The number of aliphatic carboxylic acids is 2. The van der Waals surface area contributed by atoms with Crippen LogP contribution in [0, 0.1) is 0 Å². The van der Waals surface area contributed by atoms with Gasteiger partial charge in [0, 0.05) is 19.3 Å². The lowest BCUT2D eigenvalue weighted by Crippen LogP contribution is -2.17. The third-order valence-electron chi connectivity index (χ3n) is 4.66. The Morgan fingerprint density at radius 2 is 0.725 bits per heavy atom. The fourth-order valence-corrected chi connectivity index (χ4v) is 2.64. The van der Waals surface area contributed by atoms with Gasteiger partial charge in [0.05, 0.1) is 85.7 Å². The Kier molecular flexibility index (Phi) is 26.0. The molecule has 15 heteroatoms. The zero-order valence-electron chi connectivity index (χ0n) is 22.8. The maximum absolute atomic E-state index is 11.4. The van der Waals surface area contributed by atoms with Crippen LogP contribution in [0.25, 0.3) is 0 Å². The molecule has 0 aliphatic rings. The Morgan fingerprint density at radius 3 is 1.07 bits per heavy atom. The molecular weight excluding hydrogens is 540 g/mol. The van der Waals surface area contributed by atoms with Gasteiger partial charge in [0.25, 0.3) is 0 Å². The molecular formula is C25H42O15. The molecule has 2 N–H and O–H groups in total. The van der Waals surface area contributed by atoms with Gasteiger partial charge in [0.2, 0.25) is 5.78 Å². The van der Waals surface area contributed by atoms with Crippen LogP contribution >= 0.6 is 0 Å². The Morgan fingerprint density at radius 1 is 0.400 bits per heavy atom. The fourth-order valence-electron chi connectivity index (χ4n) is 2.64. The quantitative estimate of drug-likeness (QED) is 0.0663. The largest absolute Gasteiger partial charge is 0.481 e. The number of rotatable bonds is 30. The van der Waals surface area contributed by atoms with Crippen LogP contribution < -0.4 is 0 Å². The average Bonchev–Trinajstić information content (AvgIpc) is 2.92. The summed E-state index contributed by atoms with van der Waals surface area (Å²) in [5, 5.41) is 16.9. The maximum atomic E-state index is 11.4. The third-order valence-corrected chi connectivity index (χ3v) is 4.66. The number of Topliss-reactive ketones (excluding diaryl/α,β-unsaturated/α-hetero) is 1. The van der Waals surface area contributed by atoms with Gasteiger partial charge in [-0.1, -0.05) is 0 Å². The first-order valence-electron chi connectivity index (χ1n) is 13.1. The van der Waals surface area contributed by atoms with E-state index in [1.807, 2.05) is 0 Å². The third kappa shape index (κ3) is 28.3. The SMILES string of the molecule is O=C(O)CCCCC(=O)OCCOCCOCCOCCOCCOCCOCCOC(=O)CCC(=O)C(=O)O. The number of carboxylic acids is 2. The second kappa shape index (κ2) is 27.9. The molecule has 0 bridgehead atoms. The van der Waals surface area contributed by atoms with E-state index in [2.05, 4.69) is 0 Å². The van der Waals surface area contributed by atoms with Gasteiger partial charge in [-0.25, -0.2) is 4.79 Å². The Balaban J connectivity index is 3.21. The first kappa shape index (κ1) is 37.3. The zero-order valence-corrected chi connectivity index (χ0v) is 22.8. The van der Waals surface area contributed by atoms with Crippen molar-refractivity contribution < 1.29 is 72.1 Å². The van der Waals surface area contributed by atoms with Gasteiger partial charge in [0.15, 0.2) is 0 Å². The van der Waals surface area contributed by atoms with Gasteiger partial charge in [0.1, 0.15) is 13.2 Å². The van der Waals surface area contributed by atoms with Crippen LogP contribution in [0.15, 0.2) is 0 Å². The zero-order chi connectivity index (χ0) is 29.7. The molecule has 0 aromatic rings. The van der Waals surface area contributed by atoms with E-state index >= 15 is 0 Å². The molecule has 0 radical (unpaired) electrons. The highest BCUT2D eigenvalue weighted by atomic mass is 16.6. The minimum absolute atomic E-state index is 0.00153. The highest BCUT2D eigenvalue weighted by molar-refractivity contribution is 6.32. The van der Waals surface area contributed by atoms with Crippen LogP contribution in [-0.4, -0.2) is 132 Å². The molecule has 0 fully saturated rings. The summed E-state index contributed by atoms with van der Waals surface area (Å²) in [6.45, 7) is 4.34. The van der Waals surface area contributed by atoms with Crippen LogP contribution in [0.2, 0.25) is 0 Å². The van der Waals surface area contributed by atoms with E-state index in [9.17, 15) is 24.0 Å². The van der Waals surface area contributed by atoms with E-state index in [0.717, 1.165) is 0 Å². The number of hydrogen-bond donors (Lipinski definition) is 2. The molecule has 40 heavy (non-hydrogen) atoms. The van der Waals surface area contributed by atoms with Crippen LogP contribution in [0.3, 0.4) is 0 Å². The molecule has 15 nitrogen and oxygen atoms in total. The van der Waals surface area contributed by atoms with Gasteiger partial charge < -0.3 is 48.1 Å². The van der Waals surface area contributed by atoms with Crippen molar-refractivity contribution in [1.29, 1.82) is 0 Å². The first-order valence-corrected chi connectivity index (χ1v) is 13.1. The summed E-state index contributed by atoms with van der Waals surface area (Å²) >= 11 is 0. The number of carbonyl (C=O) groups is 5. The summed E-state index contributed by atoms with van der Waals surface area (Å²) in [6.07, 6.45) is 0.495. The van der Waals surface area contributed by atoms with Crippen LogP contribution in [0.4, 0.5) is 0 Å². The molecule has 0 amide bonds. The maximum Gasteiger partial charge on any atom is 0.372 e. The lowest BCUT2D eigenvalue weighted by Gasteiger charge is -2.08. The lowest BCUT2D eigenvalue weighted by molar-refractivity contribution is -0.151. The van der Waals surface area contributed by atoms with Crippen molar-refractivity contribution in [3.8, 4) is 0 Å². The van der Waals surface area contributed by atoms with Gasteiger partial charge in [-0.05, 0) is 12.8 Å². The van der Waals surface area contributed by atoms with E-state index in [0.29, 0.717) is 78.9 Å². The molecule has 0 unspecified atom stereocenters. The van der Waals surface area contributed by atoms with E-state index < -0.39 is 30.1 Å². The number of unbranched alkanes of at least 4 members (excludes halogenated alkanes) is 1. The summed E-state index contributed by atoms with van der Waals surface area (Å²) in [6, 6.07) is 0. The molecule has 0 aliphatic carbocycles. The van der Waals surface area contributed by atoms with Crippen molar-refractivity contribution >= 4 is 29.7 Å². The topological polar surface area (TPSA) is 200 Å². The molecule has 0 aromatic heterocycles. The smallest absolute Gasteiger partial charge is 0.372 e. The highest BCUT2D eigenvalue weighted by Crippen LogP contribution is 2.01. The van der Waals surface area contributed by atoms with Crippen molar-refractivity contribution in [2.75, 3.05) is 92.5 Å². The Labute approximate surface area is 233 Å². The van der Waals surface area contributed by atoms with Gasteiger partial charge in [-0.15, -0.1) is 0 Å². The van der Waals surface area contributed by atoms with Gasteiger partial charge in [-0.3, -0.25) is 19.2 Å². The highest BCUT2D eigenvalue weighted by Gasteiger charge is 2.14. The molecule has 0 rings (SSSR count). The molecule has 0 aromatic carbocycles. The van der Waals surface area contributed by atoms with Crippen molar-refractivity contribution in [3.63, 3.8) is 0 Å². The number of ketones is 1. The summed E-state index contributed by atoms with van der Waals surface area (Å²) in [7, 11) is 0. The second-order valence-electron chi connectivity index (χ2n) is 7.94. The number of carboxylic acid groups (broad SMARTS) is 2.